The Kier molecular flexibility index (Phi) is 2.58. The molecule has 0 N–H and O–H groups in total. The lowest BCUT2D eigenvalue weighted by Gasteiger charge is -2.06. The lowest BCUT2D eigenvalue weighted by atomic mass is 9.99. The van der Waals surface area contributed by atoms with E-state index >= 15 is 0 Å². The van der Waals surface area contributed by atoms with Crippen molar-refractivity contribution in [2.45, 2.75) is 6.42 Å². The van der Waals surface area contributed by atoms with Crippen LogP contribution in [0.5, 0.6) is 0 Å². The van der Waals surface area contributed by atoms with E-state index in [1.165, 1.54) is 22.3 Å². The number of rotatable bonds is 1. The van der Waals surface area contributed by atoms with Crippen molar-refractivity contribution in [3.05, 3.63) is 77.6 Å². The van der Waals surface area contributed by atoms with Gasteiger partial charge in [-0.15, -0.1) is 0 Å². The van der Waals surface area contributed by atoms with E-state index in [9.17, 15) is 0 Å². The first-order valence-corrected chi connectivity index (χ1v) is 6.92. The second kappa shape index (κ2) is 4.57. The Morgan fingerprint density at radius 2 is 1.71 bits per heavy atom. The summed E-state index contributed by atoms with van der Waals surface area (Å²) in [7, 11) is 0. The van der Waals surface area contributed by atoms with E-state index in [0.717, 1.165) is 17.5 Å². The third-order valence-corrected chi connectivity index (χ3v) is 4.00. The Balaban J connectivity index is 1.86. The van der Waals surface area contributed by atoms with Gasteiger partial charge in [0, 0.05) is 18.0 Å². The van der Waals surface area contributed by atoms with Crippen LogP contribution in [0.4, 0.5) is 0 Å². The van der Waals surface area contributed by atoms with E-state index in [-0.39, 0.29) is 0 Å². The first kappa shape index (κ1) is 11.9. The number of aromatic nitrogens is 1. The largest absolute Gasteiger partial charge is 0.263 e. The van der Waals surface area contributed by atoms with Gasteiger partial charge in [0.2, 0.25) is 0 Å². The first-order valence-electron chi connectivity index (χ1n) is 6.92. The number of pyridine rings is 1. The molecule has 98 valence electrons. The third kappa shape index (κ3) is 1.91. The van der Waals surface area contributed by atoms with Gasteiger partial charge in [-0.25, -0.2) is 0 Å². The van der Waals surface area contributed by atoms with Crippen molar-refractivity contribution in [1.82, 2.24) is 4.98 Å². The van der Waals surface area contributed by atoms with Crippen LogP contribution >= 0.6 is 0 Å². The monoisotopic (exact) mass is 268 g/mol. The van der Waals surface area contributed by atoms with Gasteiger partial charge in [0.15, 0.2) is 0 Å². The van der Waals surface area contributed by atoms with E-state index in [1.54, 1.807) is 6.20 Å². The number of nitriles is 1. The molecule has 0 bridgehead atoms. The molecule has 2 aromatic carbocycles. The second-order valence-corrected chi connectivity index (χ2v) is 5.28. The second-order valence-electron chi connectivity index (χ2n) is 5.28. The maximum atomic E-state index is 9.00. The highest BCUT2D eigenvalue weighted by molar-refractivity contribution is 5.81. The SMILES string of the molecule is N#Cc1cncc(-c2ccc3c(c2)-c2ccccc2C3)c1. The molecule has 1 aliphatic carbocycles. The summed E-state index contributed by atoms with van der Waals surface area (Å²) >= 11 is 0. The summed E-state index contributed by atoms with van der Waals surface area (Å²) in [6, 6.07) is 19.1. The van der Waals surface area contributed by atoms with Crippen LogP contribution in [-0.2, 0) is 6.42 Å². The number of hydrogen-bond donors (Lipinski definition) is 0. The van der Waals surface area contributed by atoms with E-state index in [0.29, 0.717) is 5.56 Å². The van der Waals surface area contributed by atoms with Gasteiger partial charge in [0.1, 0.15) is 6.07 Å². The minimum atomic E-state index is 0.591. The zero-order valence-electron chi connectivity index (χ0n) is 11.4. The molecule has 1 heterocycles. The van der Waals surface area contributed by atoms with Crippen LogP contribution in [0.3, 0.4) is 0 Å². The molecule has 0 amide bonds. The smallest absolute Gasteiger partial charge is 0.101 e. The van der Waals surface area contributed by atoms with Crippen molar-refractivity contribution in [3.8, 4) is 28.3 Å². The van der Waals surface area contributed by atoms with Crippen molar-refractivity contribution < 1.29 is 0 Å². The van der Waals surface area contributed by atoms with Crippen LogP contribution in [0.2, 0.25) is 0 Å². The molecule has 1 aromatic heterocycles. The highest BCUT2D eigenvalue weighted by Gasteiger charge is 2.18. The molecular weight excluding hydrogens is 256 g/mol. The fraction of sp³-hybridized carbons (Fsp3) is 0.0526. The van der Waals surface area contributed by atoms with Crippen molar-refractivity contribution in [1.29, 1.82) is 5.26 Å². The number of hydrogen-bond acceptors (Lipinski definition) is 2. The normalized spacial score (nSPS) is 11.6. The Morgan fingerprint density at radius 1 is 0.857 bits per heavy atom. The van der Waals surface area contributed by atoms with Crippen molar-refractivity contribution in [2.24, 2.45) is 0 Å². The average molecular weight is 268 g/mol. The fourth-order valence-corrected chi connectivity index (χ4v) is 2.96. The summed E-state index contributed by atoms with van der Waals surface area (Å²) in [5.74, 6) is 0. The van der Waals surface area contributed by atoms with E-state index in [4.69, 9.17) is 5.26 Å². The zero-order valence-corrected chi connectivity index (χ0v) is 11.4. The molecule has 2 heteroatoms. The molecule has 2 nitrogen and oxygen atoms in total. The fourth-order valence-electron chi connectivity index (χ4n) is 2.96. The third-order valence-electron chi connectivity index (χ3n) is 4.00. The number of nitrogens with zero attached hydrogens (tertiary/aromatic N) is 2. The zero-order chi connectivity index (χ0) is 14.2. The standard InChI is InChI=1S/C19H12N2/c20-10-13-7-17(12-21-11-13)14-5-6-16-8-15-3-1-2-4-18(15)19(16)9-14/h1-7,9,11-12H,8H2. The maximum absolute atomic E-state index is 9.00. The minimum Gasteiger partial charge on any atom is -0.263 e. The molecule has 0 saturated heterocycles. The molecule has 21 heavy (non-hydrogen) atoms. The van der Waals surface area contributed by atoms with Crippen LogP contribution in [0.1, 0.15) is 16.7 Å². The highest BCUT2D eigenvalue weighted by atomic mass is 14.6. The van der Waals surface area contributed by atoms with Crippen molar-refractivity contribution >= 4 is 0 Å². The summed E-state index contributed by atoms with van der Waals surface area (Å²) in [5, 5.41) is 9.00. The van der Waals surface area contributed by atoms with Crippen LogP contribution < -0.4 is 0 Å². The Morgan fingerprint density at radius 3 is 2.62 bits per heavy atom. The molecule has 0 spiro atoms. The number of benzene rings is 2. The molecule has 0 fully saturated rings. The molecule has 0 atom stereocenters. The first-order chi connectivity index (χ1) is 10.3. The summed E-state index contributed by atoms with van der Waals surface area (Å²) in [6.07, 6.45) is 4.40. The van der Waals surface area contributed by atoms with Crippen LogP contribution in [0.25, 0.3) is 22.3 Å². The average Bonchev–Trinajstić information content (AvgIpc) is 2.92. The lowest BCUT2D eigenvalue weighted by Crippen LogP contribution is -1.85. The summed E-state index contributed by atoms with van der Waals surface area (Å²) in [4.78, 5) is 4.15. The molecule has 1 aliphatic rings. The van der Waals surface area contributed by atoms with Crippen LogP contribution in [-0.4, -0.2) is 4.98 Å². The summed E-state index contributed by atoms with van der Waals surface area (Å²) in [5.41, 5.74) is 8.05. The van der Waals surface area contributed by atoms with Crippen molar-refractivity contribution in [2.75, 3.05) is 0 Å². The summed E-state index contributed by atoms with van der Waals surface area (Å²) in [6.45, 7) is 0. The maximum Gasteiger partial charge on any atom is 0.101 e. The molecule has 3 aromatic rings. The molecule has 0 aliphatic heterocycles. The van der Waals surface area contributed by atoms with Crippen LogP contribution in [0.15, 0.2) is 60.9 Å². The Hall–Kier alpha value is -2.92. The van der Waals surface area contributed by atoms with Crippen molar-refractivity contribution in [3.63, 3.8) is 0 Å². The van der Waals surface area contributed by atoms with Gasteiger partial charge in [-0.05, 0) is 46.4 Å². The lowest BCUT2D eigenvalue weighted by molar-refractivity contribution is 1.26. The molecule has 4 rings (SSSR count). The van der Waals surface area contributed by atoms with E-state index in [1.807, 2.05) is 12.3 Å². The van der Waals surface area contributed by atoms with Gasteiger partial charge in [-0.2, -0.15) is 5.26 Å². The predicted octanol–water partition coefficient (Wildman–Crippen LogP) is 4.19. The van der Waals surface area contributed by atoms with Gasteiger partial charge in [0.05, 0.1) is 5.56 Å². The van der Waals surface area contributed by atoms with Crippen LogP contribution in [0, 0.1) is 11.3 Å². The molecular formula is C19H12N2. The van der Waals surface area contributed by atoms with Gasteiger partial charge >= 0.3 is 0 Å². The number of fused-ring (bicyclic) bond motifs is 3. The van der Waals surface area contributed by atoms with E-state index in [2.05, 4.69) is 53.5 Å². The molecule has 0 unspecified atom stereocenters. The Labute approximate surface area is 123 Å². The molecule has 0 radical (unpaired) electrons. The summed E-state index contributed by atoms with van der Waals surface area (Å²) < 4.78 is 0. The Bertz CT molecular complexity index is 888. The molecule has 0 saturated carbocycles. The van der Waals surface area contributed by atoms with Gasteiger partial charge < -0.3 is 0 Å². The topological polar surface area (TPSA) is 36.7 Å². The minimum absolute atomic E-state index is 0.591. The quantitative estimate of drug-likeness (QED) is 0.519. The van der Waals surface area contributed by atoms with Gasteiger partial charge in [0.25, 0.3) is 0 Å². The van der Waals surface area contributed by atoms with Gasteiger partial charge in [-0.1, -0.05) is 36.4 Å². The van der Waals surface area contributed by atoms with Gasteiger partial charge in [-0.3, -0.25) is 4.98 Å². The van der Waals surface area contributed by atoms with E-state index < -0.39 is 0 Å². The predicted molar refractivity (Wildman–Crippen MR) is 82.6 cm³/mol. The highest BCUT2D eigenvalue weighted by Crippen LogP contribution is 2.38.